The summed E-state index contributed by atoms with van der Waals surface area (Å²) in [5, 5.41) is 3.60. The molecule has 1 heterocycles. The van der Waals surface area contributed by atoms with E-state index >= 15 is 0 Å². The summed E-state index contributed by atoms with van der Waals surface area (Å²) < 4.78 is 6.50. The number of rotatable bonds is 5. The molecule has 7 heteroatoms. The molecule has 0 saturated heterocycles. The van der Waals surface area contributed by atoms with Crippen LogP contribution in [0.15, 0.2) is 18.2 Å². The first-order valence-corrected chi connectivity index (χ1v) is 8.53. The molecule has 0 spiro atoms. The maximum absolute atomic E-state index is 12.6. The van der Waals surface area contributed by atoms with Gasteiger partial charge in [-0.1, -0.05) is 24.2 Å². The molecule has 0 aliphatic heterocycles. The van der Waals surface area contributed by atoms with Crippen molar-refractivity contribution in [2.24, 2.45) is 11.1 Å². The van der Waals surface area contributed by atoms with Crippen LogP contribution in [0.2, 0.25) is 0 Å². The van der Waals surface area contributed by atoms with Crippen molar-refractivity contribution in [2.45, 2.75) is 32.6 Å². The second kappa shape index (κ2) is 7.47. The second-order valence-electron chi connectivity index (χ2n) is 5.73. The Balaban J connectivity index is 0.00000192. The summed E-state index contributed by atoms with van der Waals surface area (Å²) in [6.45, 7) is 2.99. The molecule has 0 unspecified atom stereocenters. The van der Waals surface area contributed by atoms with Gasteiger partial charge < -0.3 is 15.8 Å². The zero-order valence-electron chi connectivity index (χ0n) is 13.1. The largest absolute Gasteiger partial charge is 0.494 e. The normalized spacial score (nSPS) is 16.1. The van der Waals surface area contributed by atoms with Crippen LogP contribution in [0.5, 0.6) is 5.75 Å². The van der Waals surface area contributed by atoms with Gasteiger partial charge in [-0.15, -0.1) is 12.4 Å². The summed E-state index contributed by atoms with van der Waals surface area (Å²) in [4.78, 5) is 17.0. The fourth-order valence-electron chi connectivity index (χ4n) is 3.02. The van der Waals surface area contributed by atoms with Crippen molar-refractivity contribution < 1.29 is 9.53 Å². The zero-order valence-corrected chi connectivity index (χ0v) is 14.8. The molecule has 0 radical (unpaired) electrons. The van der Waals surface area contributed by atoms with Crippen LogP contribution < -0.4 is 15.8 Å². The highest BCUT2D eigenvalue weighted by atomic mass is 35.5. The summed E-state index contributed by atoms with van der Waals surface area (Å²) in [6.07, 6.45) is 3.88. The molecule has 126 valence electrons. The van der Waals surface area contributed by atoms with E-state index in [4.69, 9.17) is 10.5 Å². The fraction of sp³-hybridized carbons (Fsp3) is 0.500. The summed E-state index contributed by atoms with van der Waals surface area (Å²) in [6, 6.07) is 5.77. The number of nitrogens with one attached hydrogen (secondary N) is 1. The van der Waals surface area contributed by atoms with Crippen molar-refractivity contribution >= 4 is 45.0 Å². The van der Waals surface area contributed by atoms with Crippen LogP contribution in [0.4, 0.5) is 5.13 Å². The molecule has 5 nitrogen and oxygen atoms in total. The Morgan fingerprint density at radius 2 is 2.17 bits per heavy atom. The van der Waals surface area contributed by atoms with Crippen LogP contribution >= 0.6 is 23.7 Å². The second-order valence-corrected chi connectivity index (χ2v) is 6.76. The summed E-state index contributed by atoms with van der Waals surface area (Å²) in [7, 11) is 0. The Hall–Kier alpha value is -1.37. The Morgan fingerprint density at radius 3 is 2.83 bits per heavy atom. The molecule has 3 N–H and O–H groups in total. The van der Waals surface area contributed by atoms with Gasteiger partial charge in [-0.3, -0.25) is 4.79 Å². The smallest absolute Gasteiger partial charge is 0.233 e. The van der Waals surface area contributed by atoms with E-state index in [2.05, 4.69) is 10.3 Å². The number of ether oxygens (including phenoxy) is 1. The highest BCUT2D eigenvalue weighted by Crippen LogP contribution is 2.39. The van der Waals surface area contributed by atoms with Gasteiger partial charge in [0.1, 0.15) is 5.75 Å². The van der Waals surface area contributed by atoms with Crippen molar-refractivity contribution in [1.29, 1.82) is 0 Å². The molecule has 2 aromatic rings. The number of nitrogens with two attached hydrogens (primary N) is 1. The average Bonchev–Trinajstić information content (AvgIpc) is 3.13. The minimum absolute atomic E-state index is 0. The molecule has 1 saturated carbocycles. The van der Waals surface area contributed by atoms with Crippen molar-refractivity contribution in [3.05, 3.63) is 18.2 Å². The lowest BCUT2D eigenvalue weighted by Gasteiger charge is -2.24. The first kappa shape index (κ1) is 18.0. The van der Waals surface area contributed by atoms with E-state index in [-0.39, 0.29) is 18.3 Å². The lowest BCUT2D eigenvalue weighted by molar-refractivity contribution is -0.124. The standard InChI is InChI=1S/C16H21N3O2S.ClH/c1-2-21-11-5-6-12-13(9-11)22-15(18-12)19-14(20)16(10-17)7-3-4-8-16;/h5-6,9H,2-4,7-8,10,17H2,1H3,(H,18,19,20);1H. The monoisotopic (exact) mass is 355 g/mol. The zero-order chi connectivity index (χ0) is 15.6. The van der Waals surface area contributed by atoms with Gasteiger partial charge >= 0.3 is 0 Å². The van der Waals surface area contributed by atoms with Gasteiger partial charge in [0.05, 0.1) is 22.2 Å². The SMILES string of the molecule is CCOc1ccc2nc(NC(=O)C3(CN)CCCC3)sc2c1.Cl. The summed E-state index contributed by atoms with van der Waals surface area (Å²) in [5.41, 5.74) is 6.32. The Labute approximate surface area is 146 Å². The number of benzene rings is 1. The number of hydrogen-bond acceptors (Lipinski definition) is 5. The molecule has 23 heavy (non-hydrogen) atoms. The molecular weight excluding hydrogens is 334 g/mol. The first-order valence-electron chi connectivity index (χ1n) is 7.72. The van der Waals surface area contributed by atoms with E-state index in [0.717, 1.165) is 41.6 Å². The van der Waals surface area contributed by atoms with Gasteiger partial charge in [0, 0.05) is 6.54 Å². The highest BCUT2D eigenvalue weighted by molar-refractivity contribution is 7.22. The summed E-state index contributed by atoms with van der Waals surface area (Å²) >= 11 is 1.47. The van der Waals surface area contributed by atoms with Crippen molar-refractivity contribution in [2.75, 3.05) is 18.5 Å². The quantitative estimate of drug-likeness (QED) is 0.859. The Bertz CT molecular complexity index is 683. The van der Waals surface area contributed by atoms with Gasteiger partial charge in [-0.25, -0.2) is 4.98 Å². The minimum Gasteiger partial charge on any atom is -0.494 e. The van der Waals surface area contributed by atoms with E-state index in [1.54, 1.807) is 0 Å². The van der Waals surface area contributed by atoms with Gasteiger partial charge in [-0.05, 0) is 38.0 Å². The maximum Gasteiger partial charge on any atom is 0.233 e. The lowest BCUT2D eigenvalue weighted by atomic mass is 9.85. The van der Waals surface area contributed by atoms with Crippen molar-refractivity contribution in [1.82, 2.24) is 4.98 Å². The van der Waals surface area contributed by atoms with E-state index in [1.807, 2.05) is 25.1 Å². The predicted octanol–water partition coefficient (Wildman–Crippen LogP) is 3.57. The summed E-state index contributed by atoms with van der Waals surface area (Å²) in [5.74, 6) is 0.835. The maximum atomic E-state index is 12.6. The van der Waals surface area contributed by atoms with Crippen molar-refractivity contribution in [3.63, 3.8) is 0 Å². The molecule has 0 atom stereocenters. The van der Waals surface area contributed by atoms with E-state index in [9.17, 15) is 4.79 Å². The number of aromatic nitrogens is 1. The first-order chi connectivity index (χ1) is 10.7. The number of hydrogen-bond donors (Lipinski definition) is 2. The molecule has 1 aromatic carbocycles. The number of anilines is 1. The van der Waals surface area contributed by atoms with Gasteiger partial charge in [0.25, 0.3) is 0 Å². The third-order valence-electron chi connectivity index (χ3n) is 4.32. The molecular formula is C16H22ClN3O2S. The van der Waals surface area contributed by atoms with Gasteiger partial charge in [-0.2, -0.15) is 0 Å². The number of carbonyl (C=O) groups is 1. The van der Waals surface area contributed by atoms with Crippen molar-refractivity contribution in [3.8, 4) is 5.75 Å². The molecule has 1 fully saturated rings. The predicted molar refractivity (Wildman–Crippen MR) is 96.6 cm³/mol. The minimum atomic E-state index is -0.408. The van der Waals surface area contributed by atoms with Gasteiger partial charge in [0.2, 0.25) is 5.91 Å². The van der Waals surface area contributed by atoms with Crippen LogP contribution in [0, 0.1) is 5.41 Å². The topological polar surface area (TPSA) is 77.2 Å². The van der Waals surface area contributed by atoms with E-state index < -0.39 is 5.41 Å². The lowest BCUT2D eigenvalue weighted by Crippen LogP contribution is -2.40. The van der Waals surface area contributed by atoms with Gasteiger partial charge in [0.15, 0.2) is 5.13 Å². The Kier molecular flexibility index (Phi) is 5.84. The number of thiazole rings is 1. The number of amides is 1. The molecule has 3 rings (SSSR count). The van der Waals surface area contributed by atoms with Crippen LogP contribution in [-0.4, -0.2) is 24.0 Å². The number of fused-ring (bicyclic) bond motifs is 1. The average molecular weight is 356 g/mol. The molecule has 1 aliphatic carbocycles. The number of nitrogens with zero attached hydrogens (tertiary/aromatic N) is 1. The van der Waals surface area contributed by atoms with Crippen LogP contribution in [0.25, 0.3) is 10.2 Å². The fourth-order valence-corrected chi connectivity index (χ4v) is 3.91. The molecule has 1 aromatic heterocycles. The number of halogens is 1. The third-order valence-corrected chi connectivity index (χ3v) is 5.26. The van der Waals surface area contributed by atoms with E-state index in [0.29, 0.717) is 18.3 Å². The van der Waals surface area contributed by atoms with E-state index in [1.165, 1.54) is 11.3 Å². The number of carbonyl (C=O) groups excluding carboxylic acids is 1. The molecule has 1 aliphatic rings. The molecule has 1 amide bonds. The Morgan fingerprint density at radius 1 is 1.43 bits per heavy atom. The highest BCUT2D eigenvalue weighted by Gasteiger charge is 2.40. The third kappa shape index (κ3) is 3.59. The van der Waals surface area contributed by atoms with Crippen LogP contribution in [-0.2, 0) is 4.79 Å². The van der Waals surface area contributed by atoms with Crippen LogP contribution in [0.3, 0.4) is 0 Å². The molecule has 0 bridgehead atoms. The van der Waals surface area contributed by atoms with Crippen LogP contribution in [0.1, 0.15) is 32.6 Å².